The highest BCUT2D eigenvalue weighted by molar-refractivity contribution is 5.77. The van der Waals surface area contributed by atoms with Crippen LogP contribution in [0.4, 0.5) is 11.6 Å². The first-order chi connectivity index (χ1) is 10.0. The van der Waals surface area contributed by atoms with Crippen LogP contribution in [0.2, 0.25) is 0 Å². The third kappa shape index (κ3) is 2.31. The van der Waals surface area contributed by atoms with E-state index in [-0.39, 0.29) is 23.3 Å². The van der Waals surface area contributed by atoms with Gasteiger partial charge in [0.15, 0.2) is 5.65 Å². The Morgan fingerprint density at radius 2 is 2.19 bits per heavy atom. The lowest BCUT2D eigenvalue weighted by Crippen LogP contribution is -2.00. The Balaban J connectivity index is 2.10. The number of nitro benzene ring substituents is 1. The van der Waals surface area contributed by atoms with Crippen LogP contribution in [0.15, 0.2) is 24.5 Å². The van der Waals surface area contributed by atoms with Crippen molar-refractivity contribution in [1.82, 2.24) is 19.9 Å². The Bertz CT molecular complexity index is 844. The maximum Gasteiger partial charge on any atom is 0.311 e. The summed E-state index contributed by atoms with van der Waals surface area (Å²) in [4.78, 5) is 25.2. The number of nitrogens with one attached hydrogen (secondary N) is 1. The molecule has 106 valence electrons. The van der Waals surface area contributed by atoms with Gasteiger partial charge in [-0.3, -0.25) is 10.1 Å². The van der Waals surface area contributed by atoms with Crippen molar-refractivity contribution in [2.24, 2.45) is 0 Å². The lowest BCUT2D eigenvalue weighted by atomic mass is 10.2. The molecule has 0 saturated heterocycles. The van der Waals surface area contributed by atoms with E-state index in [9.17, 15) is 10.1 Å². The van der Waals surface area contributed by atoms with Crippen LogP contribution in [0.5, 0.6) is 11.6 Å². The van der Waals surface area contributed by atoms with E-state index < -0.39 is 4.92 Å². The van der Waals surface area contributed by atoms with E-state index in [1.807, 2.05) is 0 Å². The first-order valence-electron chi connectivity index (χ1n) is 5.94. The molecule has 3 aromatic rings. The van der Waals surface area contributed by atoms with E-state index in [1.165, 1.54) is 18.5 Å². The minimum Gasteiger partial charge on any atom is -0.430 e. The summed E-state index contributed by atoms with van der Waals surface area (Å²) in [7, 11) is 0. The average molecular weight is 286 g/mol. The van der Waals surface area contributed by atoms with Gasteiger partial charge in [-0.15, -0.1) is 0 Å². The summed E-state index contributed by atoms with van der Waals surface area (Å²) >= 11 is 0. The number of imidazole rings is 1. The quantitative estimate of drug-likeness (QED) is 0.555. The Labute approximate surface area is 118 Å². The summed E-state index contributed by atoms with van der Waals surface area (Å²) in [5, 5.41) is 11.1. The van der Waals surface area contributed by atoms with E-state index in [0.717, 1.165) is 5.56 Å². The van der Waals surface area contributed by atoms with Crippen LogP contribution in [-0.4, -0.2) is 24.9 Å². The van der Waals surface area contributed by atoms with Gasteiger partial charge in [-0.1, -0.05) is 6.07 Å². The van der Waals surface area contributed by atoms with Crippen LogP contribution in [0, 0.1) is 17.0 Å². The molecule has 2 aromatic heterocycles. The van der Waals surface area contributed by atoms with Gasteiger partial charge in [0, 0.05) is 6.07 Å². The molecule has 0 aliphatic carbocycles. The van der Waals surface area contributed by atoms with Gasteiger partial charge < -0.3 is 15.5 Å². The molecule has 0 aliphatic heterocycles. The van der Waals surface area contributed by atoms with E-state index >= 15 is 0 Å². The molecule has 3 rings (SSSR count). The Hall–Kier alpha value is -3.23. The van der Waals surface area contributed by atoms with Crippen molar-refractivity contribution < 1.29 is 9.66 Å². The Morgan fingerprint density at radius 3 is 2.95 bits per heavy atom. The zero-order valence-corrected chi connectivity index (χ0v) is 10.9. The van der Waals surface area contributed by atoms with Crippen molar-refractivity contribution in [2.45, 2.75) is 6.92 Å². The maximum atomic E-state index is 11.1. The van der Waals surface area contributed by atoms with Gasteiger partial charge in [0.25, 0.3) is 5.88 Å². The highest BCUT2D eigenvalue weighted by Crippen LogP contribution is 2.33. The summed E-state index contributed by atoms with van der Waals surface area (Å²) in [6, 6.07) is 4.63. The van der Waals surface area contributed by atoms with E-state index in [1.54, 1.807) is 13.0 Å². The second kappa shape index (κ2) is 4.71. The molecule has 0 saturated carbocycles. The monoisotopic (exact) mass is 286 g/mol. The molecular formula is C12H10N6O3. The van der Waals surface area contributed by atoms with Crippen LogP contribution in [-0.2, 0) is 0 Å². The molecule has 21 heavy (non-hydrogen) atoms. The second-order valence-corrected chi connectivity index (χ2v) is 4.32. The summed E-state index contributed by atoms with van der Waals surface area (Å²) in [6.45, 7) is 1.76. The van der Waals surface area contributed by atoms with Gasteiger partial charge in [-0.05, 0) is 18.6 Å². The first-order valence-corrected chi connectivity index (χ1v) is 5.94. The predicted molar refractivity (Wildman–Crippen MR) is 74.0 cm³/mol. The molecule has 9 heteroatoms. The van der Waals surface area contributed by atoms with Gasteiger partial charge in [-0.25, -0.2) is 4.98 Å². The molecule has 9 nitrogen and oxygen atoms in total. The summed E-state index contributed by atoms with van der Waals surface area (Å²) in [5.74, 6) is 0.126. The third-order valence-corrected chi connectivity index (χ3v) is 2.79. The molecule has 0 atom stereocenters. The standard InChI is InChI=1S/C12H10N6O3/c1-6-2-3-8(7(4-6)18(19)20)21-11-9-10(15-5-14-9)16-12(13)17-11/h2-5H,1H3,(H3,13,14,15,16,17). The number of fused-ring (bicyclic) bond motifs is 1. The topological polar surface area (TPSA) is 133 Å². The molecule has 1 aromatic carbocycles. The molecule has 0 aliphatic rings. The maximum absolute atomic E-state index is 11.1. The zero-order chi connectivity index (χ0) is 15.0. The summed E-state index contributed by atoms with van der Waals surface area (Å²) in [6.07, 6.45) is 1.41. The Kier molecular flexibility index (Phi) is 2.87. The first kappa shape index (κ1) is 12.8. The van der Waals surface area contributed by atoms with Crippen molar-refractivity contribution in [3.05, 3.63) is 40.2 Å². The van der Waals surface area contributed by atoms with Crippen LogP contribution < -0.4 is 10.5 Å². The zero-order valence-electron chi connectivity index (χ0n) is 10.9. The smallest absolute Gasteiger partial charge is 0.311 e. The highest BCUT2D eigenvalue weighted by atomic mass is 16.6. The van der Waals surface area contributed by atoms with Crippen molar-refractivity contribution in [3.63, 3.8) is 0 Å². The van der Waals surface area contributed by atoms with Crippen molar-refractivity contribution >= 4 is 22.8 Å². The molecular weight excluding hydrogens is 276 g/mol. The number of hydrogen-bond acceptors (Lipinski definition) is 7. The number of nitro groups is 1. The van der Waals surface area contributed by atoms with Crippen molar-refractivity contribution in [3.8, 4) is 11.6 Å². The average Bonchev–Trinajstić information content (AvgIpc) is 2.88. The van der Waals surface area contributed by atoms with Gasteiger partial charge in [0.1, 0.15) is 5.52 Å². The number of hydrogen-bond donors (Lipinski definition) is 2. The van der Waals surface area contributed by atoms with Gasteiger partial charge in [0.05, 0.1) is 11.3 Å². The Morgan fingerprint density at radius 1 is 1.38 bits per heavy atom. The number of aromatic amines is 1. The second-order valence-electron chi connectivity index (χ2n) is 4.32. The lowest BCUT2D eigenvalue weighted by Gasteiger charge is -2.07. The number of rotatable bonds is 3. The number of aryl methyl sites for hydroxylation is 1. The fourth-order valence-electron chi connectivity index (χ4n) is 1.86. The number of nitrogens with two attached hydrogens (primary N) is 1. The molecule has 3 N–H and O–H groups in total. The molecule has 2 heterocycles. The normalized spacial score (nSPS) is 10.7. The third-order valence-electron chi connectivity index (χ3n) is 2.79. The fraction of sp³-hybridized carbons (Fsp3) is 0.0833. The van der Waals surface area contributed by atoms with E-state index in [4.69, 9.17) is 10.5 Å². The molecule has 0 fully saturated rings. The lowest BCUT2D eigenvalue weighted by molar-refractivity contribution is -0.385. The van der Waals surface area contributed by atoms with Crippen LogP contribution in [0.1, 0.15) is 5.56 Å². The summed E-state index contributed by atoms with van der Waals surface area (Å²) < 4.78 is 5.53. The molecule has 0 radical (unpaired) electrons. The predicted octanol–water partition coefficient (Wildman–Crippen LogP) is 1.94. The van der Waals surface area contributed by atoms with E-state index in [0.29, 0.717) is 11.2 Å². The van der Waals surface area contributed by atoms with Crippen molar-refractivity contribution in [1.29, 1.82) is 0 Å². The van der Waals surface area contributed by atoms with Gasteiger partial charge in [0.2, 0.25) is 11.7 Å². The molecule has 0 spiro atoms. The van der Waals surface area contributed by atoms with Crippen LogP contribution in [0.3, 0.4) is 0 Å². The molecule has 0 bridgehead atoms. The van der Waals surface area contributed by atoms with E-state index in [2.05, 4.69) is 19.9 Å². The number of aromatic nitrogens is 4. The summed E-state index contributed by atoms with van der Waals surface area (Å²) in [5.41, 5.74) is 6.91. The number of benzene rings is 1. The SMILES string of the molecule is Cc1ccc(Oc2nc(N)nc3nc[nH]c23)c([N+](=O)[O-])c1. The highest BCUT2D eigenvalue weighted by Gasteiger charge is 2.19. The number of H-pyrrole nitrogens is 1. The number of anilines is 1. The van der Waals surface area contributed by atoms with Crippen LogP contribution in [0.25, 0.3) is 11.2 Å². The largest absolute Gasteiger partial charge is 0.430 e. The van der Waals surface area contributed by atoms with Crippen LogP contribution >= 0.6 is 0 Å². The molecule has 0 unspecified atom stereocenters. The number of nitrogens with zero attached hydrogens (tertiary/aromatic N) is 4. The fourth-order valence-corrected chi connectivity index (χ4v) is 1.86. The minimum atomic E-state index is -0.517. The minimum absolute atomic E-state index is 0.0284. The number of ether oxygens (including phenoxy) is 1. The van der Waals surface area contributed by atoms with Crippen molar-refractivity contribution in [2.75, 3.05) is 5.73 Å². The molecule has 0 amide bonds. The number of nitrogen functional groups attached to an aromatic ring is 1. The van der Waals surface area contributed by atoms with Gasteiger partial charge in [-0.2, -0.15) is 9.97 Å². The van der Waals surface area contributed by atoms with Gasteiger partial charge >= 0.3 is 5.69 Å².